The lowest BCUT2D eigenvalue weighted by molar-refractivity contribution is -0.149. The van der Waals surface area contributed by atoms with Crippen LogP contribution in [0.5, 0.6) is 0 Å². The fourth-order valence-corrected chi connectivity index (χ4v) is 0.748. The molecule has 0 aromatic carbocycles. The minimum Gasteiger partial charge on any atom is -0.465 e. The van der Waals surface area contributed by atoms with Crippen molar-refractivity contribution in [2.24, 2.45) is 10.6 Å². The van der Waals surface area contributed by atoms with E-state index in [1.54, 1.807) is 6.92 Å². The number of alkyl halides is 1. The first-order valence-electron chi connectivity index (χ1n) is 3.95. The molecule has 0 unspecified atom stereocenters. The number of halogens is 1. The normalized spacial score (nSPS) is 12.8. The van der Waals surface area contributed by atoms with Crippen molar-refractivity contribution < 1.29 is 19.1 Å². The zero-order valence-electron chi connectivity index (χ0n) is 8.00. The molecule has 5 heteroatoms. The van der Waals surface area contributed by atoms with E-state index in [4.69, 9.17) is 9.94 Å². The molecule has 0 saturated carbocycles. The molecule has 13 heavy (non-hydrogen) atoms. The molecule has 0 bridgehead atoms. The first-order chi connectivity index (χ1) is 6.00. The predicted octanol–water partition coefficient (Wildman–Crippen LogP) is 1.38. The molecule has 76 valence electrons. The van der Waals surface area contributed by atoms with Crippen LogP contribution in [0.2, 0.25) is 0 Å². The van der Waals surface area contributed by atoms with Crippen molar-refractivity contribution >= 4 is 11.7 Å². The molecule has 0 aliphatic rings. The summed E-state index contributed by atoms with van der Waals surface area (Å²) in [4.78, 5) is 11.2. The van der Waals surface area contributed by atoms with Gasteiger partial charge in [-0.2, -0.15) is 0 Å². The van der Waals surface area contributed by atoms with Crippen molar-refractivity contribution in [1.29, 1.82) is 0 Å². The number of nitrogens with zero attached hydrogens (tertiary/aromatic N) is 1. The monoisotopic (exact) mass is 191 g/mol. The Hall–Kier alpha value is -1.13. The second-order valence-electron chi connectivity index (χ2n) is 3.03. The molecule has 0 heterocycles. The fourth-order valence-electron chi connectivity index (χ4n) is 0.748. The van der Waals surface area contributed by atoms with Gasteiger partial charge in [-0.25, -0.2) is 4.39 Å². The number of hydrogen-bond acceptors (Lipinski definition) is 4. The van der Waals surface area contributed by atoms with Gasteiger partial charge in [-0.3, -0.25) is 4.79 Å². The molecule has 1 N–H and O–H groups in total. The molecule has 0 aromatic heterocycles. The van der Waals surface area contributed by atoms with Gasteiger partial charge in [0.2, 0.25) is 0 Å². The van der Waals surface area contributed by atoms with Crippen LogP contribution in [0.15, 0.2) is 5.16 Å². The highest BCUT2D eigenvalue weighted by molar-refractivity contribution is 6.06. The Kier molecular flexibility index (Phi) is 4.37. The Morgan fingerprint density at radius 3 is 2.46 bits per heavy atom. The zero-order chi connectivity index (χ0) is 10.5. The predicted molar refractivity (Wildman–Crippen MR) is 45.6 cm³/mol. The maximum atomic E-state index is 12.3. The smallest absolute Gasteiger partial charge is 0.317 e. The van der Waals surface area contributed by atoms with Gasteiger partial charge < -0.3 is 9.94 Å². The number of carbonyl (C=O) groups is 1. The van der Waals surface area contributed by atoms with Gasteiger partial charge in [-0.15, -0.1) is 0 Å². The highest BCUT2D eigenvalue weighted by Crippen LogP contribution is 2.20. The fraction of sp³-hybridized carbons (Fsp3) is 0.750. The Labute approximate surface area is 76.4 Å². The molecule has 4 nitrogen and oxygen atoms in total. The molecule has 0 saturated heterocycles. The van der Waals surface area contributed by atoms with Gasteiger partial charge in [0.25, 0.3) is 0 Å². The van der Waals surface area contributed by atoms with Gasteiger partial charge in [0.05, 0.1) is 6.61 Å². The third kappa shape index (κ3) is 2.68. The van der Waals surface area contributed by atoms with E-state index in [1.807, 2.05) is 0 Å². The van der Waals surface area contributed by atoms with Crippen LogP contribution in [0.4, 0.5) is 4.39 Å². The minimum absolute atomic E-state index is 0.216. The van der Waals surface area contributed by atoms with Crippen LogP contribution in [0.25, 0.3) is 0 Å². The summed E-state index contributed by atoms with van der Waals surface area (Å²) in [5.74, 6) is -0.597. The van der Waals surface area contributed by atoms with Crippen molar-refractivity contribution in [2.75, 3.05) is 13.3 Å². The lowest BCUT2D eigenvalue weighted by Gasteiger charge is -2.21. The SMILES string of the molecule is CCOC(=O)C(C)(C)C(CF)=NO. The van der Waals surface area contributed by atoms with Crippen LogP contribution < -0.4 is 0 Å². The standard InChI is InChI=1S/C8H14FNO3/c1-4-13-7(11)8(2,3)6(5-9)10-12/h12H,4-5H2,1-3H3. The summed E-state index contributed by atoms with van der Waals surface area (Å²) in [5.41, 5.74) is -1.44. The lowest BCUT2D eigenvalue weighted by atomic mass is 9.88. The summed E-state index contributed by atoms with van der Waals surface area (Å²) in [7, 11) is 0. The molecule has 0 amide bonds. The van der Waals surface area contributed by atoms with Gasteiger partial charge in [0.1, 0.15) is 17.8 Å². The number of hydrogen-bond donors (Lipinski definition) is 1. The highest BCUT2D eigenvalue weighted by Gasteiger charge is 2.35. The van der Waals surface area contributed by atoms with E-state index in [1.165, 1.54) is 13.8 Å². The van der Waals surface area contributed by atoms with Crippen LogP contribution >= 0.6 is 0 Å². The Morgan fingerprint density at radius 1 is 1.62 bits per heavy atom. The summed E-state index contributed by atoms with van der Waals surface area (Å²) in [5, 5.41) is 11.1. The quantitative estimate of drug-likeness (QED) is 0.316. The van der Waals surface area contributed by atoms with Gasteiger partial charge >= 0.3 is 5.97 Å². The lowest BCUT2D eigenvalue weighted by Crippen LogP contribution is -2.36. The summed E-state index contributed by atoms with van der Waals surface area (Å²) in [6.45, 7) is 3.79. The third-order valence-electron chi connectivity index (χ3n) is 1.75. The summed E-state index contributed by atoms with van der Waals surface area (Å²) >= 11 is 0. The molecule has 0 fully saturated rings. The first-order valence-corrected chi connectivity index (χ1v) is 3.95. The minimum atomic E-state index is -1.21. The number of ether oxygens (including phenoxy) is 1. The van der Waals surface area contributed by atoms with E-state index in [2.05, 4.69) is 5.16 Å². The molecule has 0 rings (SSSR count). The van der Waals surface area contributed by atoms with Crippen LogP contribution in [-0.2, 0) is 9.53 Å². The third-order valence-corrected chi connectivity index (χ3v) is 1.75. The van der Waals surface area contributed by atoms with Crippen molar-refractivity contribution in [3.05, 3.63) is 0 Å². The highest BCUT2D eigenvalue weighted by atomic mass is 19.1. The Balaban J connectivity index is 4.63. The van der Waals surface area contributed by atoms with E-state index in [0.717, 1.165) is 0 Å². The first kappa shape index (κ1) is 11.9. The Morgan fingerprint density at radius 2 is 2.15 bits per heavy atom. The average Bonchev–Trinajstić information content (AvgIpc) is 2.06. The summed E-state index contributed by atoms with van der Waals surface area (Å²) in [6, 6.07) is 0. The molecule has 0 atom stereocenters. The molecule has 0 aliphatic heterocycles. The van der Waals surface area contributed by atoms with Crippen LogP contribution in [0.3, 0.4) is 0 Å². The van der Waals surface area contributed by atoms with E-state index in [0.29, 0.717) is 0 Å². The number of rotatable bonds is 4. The van der Waals surface area contributed by atoms with Crippen molar-refractivity contribution in [3.63, 3.8) is 0 Å². The van der Waals surface area contributed by atoms with Crippen molar-refractivity contribution in [2.45, 2.75) is 20.8 Å². The van der Waals surface area contributed by atoms with E-state index >= 15 is 0 Å². The molecule has 0 spiro atoms. The number of esters is 1. The topological polar surface area (TPSA) is 58.9 Å². The summed E-state index contributed by atoms with van der Waals surface area (Å²) < 4.78 is 16.9. The average molecular weight is 191 g/mol. The van der Waals surface area contributed by atoms with Crippen molar-refractivity contribution in [3.8, 4) is 0 Å². The Bertz CT molecular complexity index is 213. The van der Waals surface area contributed by atoms with Gasteiger partial charge in [-0.05, 0) is 20.8 Å². The maximum absolute atomic E-state index is 12.3. The largest absolute Gasteiger partial charge is 0.465 e. The van der Waals surface area contributed by atoms with Gasteiger partial charge in [0.15, 0.2) is 0 Å². The van der Waals surface area contributed by atoms with Gasteiger partial charge in [-0.1, -0.05) is 5.16 Å². The summed E-state index contributed by atoms with van der Waals surface area (Å²) in [6.07, 6.45) is 0. The van der Waals surface area contributed by atoms with Crippen molar-refractivity contribution in [1.82, 2.24) is 0 Å². The number of carbonyl (C=O) groups excluding carboxylic acids is 1. The van der Waals surface area contributed by atoms with Crippen LogP contribution in [-0.4, -0.2) is 30.2 Å². The van der Waals surface area contributed by atoms with Crippen LogP contribution in [0, 0.1) is 5.41 Å². The van der Waals surface area contributed by atoms with E-state index in [9.17, 15) is 9.18 Å². The van der Waals surface area contributed by atoms with Crippen LogP contribution in [0.1, 0.15) is 20.8 Å². The molecular weight excluding hydrogens is 177 g/mol. The number of oxime groups is 1. The molecule has 0 radical (unpaired) electrons. The second kappa shape index (κ2) is 4.79. The second-order valence-corrected chi connectivity index (χ2v) is 3.03. The van der Waals surface area contributed by atoms with E-state index < -0.39 is 18.1 Å². The van der Waals surface area contributed by atoms with E-state index in [-0.39, 0.29) is 12.3 Å². The zero-order valence-corrected chi connectivity index (χ0v) is 8.00. The molecular formula is C8H14FNO3. The molecule has 0 aliphatic carbocycles. The van der Waals surface area contributed by atoms with Gasteiger partial charge in [0, 0.05) is 0 Å². The molecule has 0 aromatic rings. The maximum Gasteiger partial charge on any atom is 0.317 e.